The van der Waals surface area contributed by atoms with Gasteiger partial charge >= 0.3 is 0 Å². The van der Waals surface area contributed by atoms with Crippen molar-refractivity contribution < 1.29 is 4.42 Å². The lowest BCUT2D eigenvalue weighted by Gasteiger charge is -2.27. The standard InChI is InChI=1S/C55H36O/c1-55(2)52-46(30-16-31-47(52)51-38-22-7-3-17-33(38)34-18-5-12-27-43(34)53(51)55)50-41-25-10-8-23-39(41)49(40-24-9-11-26-42(40)50)37-21-6-4-19-35(37)44-28-15-29-45-36-20-13-14-32-48(36)56-54(44)45/h3-32H,1-2H3. The zero-order valence-electron chi connectivity index (χ0n) is 31.2. The van der Waals surface area contributed by atoms with Crippen molar-refractivity contribution in [1.29, 1.82) is 0 Å². The molecule has 0 fully saturated rings. The minimum atomic E-state index is -0.246. The molecule has 0 saturated heterocycles. The monoisotopic (exact) mass is 712 g/mol. The summed E-state index contributed by atoms with van der Waals surface area (Å²) in [5.74, 6) is 0. The molecule has 0 bridgehead atoms. The first-order chi connectivity index (χ1) is 27.6. The van der Waals surface area contributed by atoms with E-state index in [2.05, 4.69) is 190 Å². The lowest BCUT2D eigenvalue weighted by molar-refractivity contribution is 0.668. The molecular formula is C55H36O. The molecule has 0 unspecified atom stereocenters. The first-order valence-corrected chi connectivity index (χ1v) is 19.6. The molecule has 12 rings (SSSR count). The normalized spacial score (nSPS) is 13.3. The van der Waals surface area contributed by atoms with Gasteiger partial charge in [-0.1, -0.05) is 190 Å². The lowest BCUT2D eigenvalue weighted by atomic mass is 9.75. The maximum absolute atomic E-state index is 6.62. The molecule has 11 aromatic rings. The van der Waals surface area contributed by atoms with Gasteiger partial charge in [-0.2, -0.15) is 0 Å². The van der Waals surface area contributed by atoms with Crippen LogP contribution in [0, 0.1) is 0 Å². The number of hydrogen-bond donors (Lipinski definition) is 0. The third-order valence-electron chi connectivity index (χ3n) is 12.6. The Morgan fingerprint density at radius 2 is 0.679 bits per heavy atom. The zero-order valence-corrected chi connectivity index (χ0v) is 31.2. The Labute approximate surface area is 325 Å². The fraction of sp³-hybridized carbons (Fsp3) is 0.0545. The van der Waals surface area contributed by atoms with Crippen molar-refractivity contribution in [3.63, 3.8) is 0 Å². The summed E-state index contributed by atoms with van der Waals surface area (Å²) in [5, 5.41) is 12.6. The molecule has 262 valence electrons. The summed E-state index contributed by atoms with van der Waals surface area (Å²) in [6.07, 6.45) is 0. The minimum absolute atomic E-state index is 0.246. The first-order valence-electron chi connectivity index (χ1n) is 19.6. The quantitative estimate of drug-likeness (QED) is 0.131. The van der Waals surface area contributed by atoms with Crippen molar-refractivity contribution in [3.05, 3.63) is 193 Å². The Bertz CT molecular complexity index is 3390. The van der Waals surface area contributed by atoms with Crippen LogP contribution in [0.3, 0.4) is 0 Å². The van der Waals surface area contributed by atoms with Crippen molar-refractivity contribution in [2.75, 3.05) is 0 Å². The number of hydrogen-bond acceptors (Lipinski definition) is 1. The van der Waals surface area contributed by atoms with E-state index < -0.39 is 0 Å². The highest BCUT2D eigenvalue weighted by molar-refractivity contribution is 6.25. The van der Waals surface area contributed by atoms with Crippen LogP contribution in [0.4, 0.5) is 0 Å². The molecule has 0 radical (unpaired) electrons. The molecule has 0 atom stereocenters. The molecule has 0 aliphatic heterocycles. The molecule has 1 nitrogen and oxygen atoms in total. The number of rotatable bonds is 3. The molecule has 1 aliphatic carbocycles. The molecule has 1 aliphatic rings. The van der Waals surface area contributed by atoms with Gasteiger partial charge in [0.2, 0.25) is 0 Å². The van der Waals surface area contributed by atoms with E-state index >= 15 is 0 Å². The van der Waals surface area contributed by atoms with Crippen molar-refractivity contribution in [1.82, 2.24) is 0 Å². The summed E-state index contributed by atoms with van der Waals surface area (Å²) in [4.78, 5) is 0. The molecule has 0 spiro atoms. The first kappa shape index (κ1) is 31.4. The molecule has 0 saturated carbocycles. The third-order valence-corrected chi connectivity index (χ3v) is 12.6. The van der Waals surface area contributed by atoms with E-state index in [0.29, 0.717) is 0 Å². The molecule has 56 heavy (non-hydrogen) atoms. The van der Waals surface area contributed by atoms with E-state index in [0.717, 1.165) is 33.1 Å². The number of furan rings is 1. The fourth-order valence-corrected chi connectivity index (χ4v) is 10.4. The lowest BCUT2D eigenvalue weighted by Crippen LogP contribution is -2.17. The topological polar surface area (TPSA) is 13.1 Å². The van der Waals surface area contributed by atoms with Gasteiger partial charge in [0, 0.05) is 21.8 Å². The van der Waals surface area contributed by atoms with E-state index in [1.54, 1.807) is 0 Å². The molecular weight excluding hydrogens is 677 g/mol. The predicted molar refractivity (Wildman–Crippen MR) is 238 cm³/mol. The van der Waals surface area contributed by atoms with Crippen molar-refractivity contribution >= 4 is 65.0 Å². The highest BCUT2D eigenvalue weighted by Gasteiger charge is 2.40. The van der Waals surface area contributed by atoms with E-state index in [1.165, 1.54) is 87.6 Å². The Kier molecular flexibility index (Phi) is 6.46. The molecule has 0 N–H and O–H groups in total. The van der Waals surface area contributed by atoms with Gasteiger partial charge in [0.15, 0.2) is 0 Å². The summed E-state index contributed by atoms with van der Waals surface area (Å²) in [6.45, 7) is 4.88. The maximum atomic E-state index is 6.62. The SMILES string of the molecule is CC1(C)c2c(-c3c4ccccc4c(-c4ccccc4-c4cccc5c4oc4ccccc45)c4ccccc34)cccc2-c2c1c1ccccc1c1ccccc21. The second kappa shape index (κ2) is 11.5. The minimum Gasteiger partial charge on any atom is -0.455 e. The van der Waals surface area contributed by atoms with Gasteiger partial charge in [-0.25, -0.2) is 0 Å². The van der Waals surface area contributed by atoms with Crippen LogP contribution in [0.2, 0.25) is 0 Å². The third kappa shape index (κ3) is 4.15. The summed E-state index contributed by atoms with van der Waals surface area (Å²) < 4.78 is 6.62. The van der Waals surface area contributed by atoms with E-state index in [1.807, 2.05) is 6.07 Å². The maximum Gasteiger partial charge on any atom is 0.143 e. The average molecular weight is 713 g/mol. The van der Waals surface area contributed by atoms with Crippen LogP contribution in [-0.4, -0.2) is 0 Å². The molecule has 1 aromatic heterocycles. The van der Waals surface area contributed by atoms with Gasteiger partial charge in [-0.3, -0.25) is 0 Å². The average Bonchev–Trinajstić information content (AvgIpc) is 3.75. The van der Waals surface area contributed by atoms with Gasteiger partial charge in [0.1, 0.15) is 11.2 Å². The van der Waals surface area contributed by atoms with Crippen LogP contribution in [0.5, 0.6) is 0 Å². The van der Waals surface area contributed by atoms with Crippen LogP contribution in [0.1, 0.15) is 25.0 Å². The number of para-hydroxylation sites is 2. The summed E-state index contributed by atoms with van der Waals surface area (Å²) in [6, 6.07) is 66.9. The van der Waals surface area contributed by atoms with Crippen LogP contribution >= 0.6 is 0 Å². The highest BCUT2D eigenvalue weighted by Crippen LogP contribution is 2.58. The van der Waals surface area contributed by atoms with Crippen molar-refractivity contribution in [2.24, 2.45) is 0 Å². The van der Waals surface area contributed by atoms with Crippen molar-refractivity contribution in [2.45, 2.75) is 19.3 Å². The van der Waals surface area contributed by atoms with Gasteiger partial charge in [-0.15, -0.1) is 0 Å². The zero-order chi connectivity index (χ0) is 37.1. The van der Waals surface area contributed by atoms with Crippen molar-refractivity contribution in [3.8, 4) is 44.5 Å². The van der Waals surface area contributed by atoms with Crippen LogP contribution in [0.15, 0.2) is 186 Å². The molecule has 1 heterocycles. The fourth-order valence-electron chi connectivity index (χ4n) is 10.4. The number of fused-ring (bicyclic) bond motifs is 13. The van der Waals surface area contributed by atoms with E-state index in [4.69, 9.17) is 4.42 Å². The summed E-state index contributed by atoms with van der Waals surface area (Å²) >= 11 is 0. The Balaban J connectivity index is 1.17. The van der Waals surface area contributed by atoms with Gasteiger partial charge in [0.25, 0.3) is 0 Å². The molecule has 0 amide bonds. The van der Waals surface area contributed by atoms with Crippen LogP contribution in [-0.2, 0) is 5.41 Å². The van der Waals surface area contributed by atoms with E-state index in [-0.39, 0.29) is 5.41 Å². The smallest absolute Gasteiger partial charge is 0.143 e. The Hall–Kier alpha value is -6.96. The second-order valence-corrected chi connectivity index (χ2v) is 15.9. The van der Waals surface area contributed by atoms with Gasteiger partial charge < -0.3 is 4.42 Å². The summed E-state index contributed by atoms with van der Waals surface area (Å²) in [7, 11) is 0. The largest absolute Gasteiger partial charge is 0.455 e. The van der Waals surface area contributed by atoms with Gasteiger partial charge in [0.05, 0.1) is 0 Å². The van der Waals surface area contributed by atoms with E-state index in [9.17, 15) is 0 Å². The molecule has 10 aromatic carbocycles. The Morgan fingerprint density at radius 3 is 1.32 bits per heavy atom. The highest BCUT2D eigenvalue weighted by atomic mass is 16.3. The Morgan fingerprint density at radius 1 is 0.286 bits per heavy atom. The van der Waals surface area contributed by atoms with Gasteiger partial charge in [-0.05, 0) is 99.2 Å². The van der Waals surface area contributed by atoms with Crippen LogP contribution < -0.4 is 0 Å². The summed E-state index contributed by atoms with van der Waals surface area (Å²) in [5.41, 5.74) is 14.4. The molecule has 1 heteroatoms. The predicted octanol–water partition coefficient (Wildman–Crippen LogP) is 15.5. The van der Waals surface area contributed by atoms with Crippen LogP contribution in [0.25, 0.3) is 110 Å². The second-order valence-electron chi connectivity index (χ2n) is 15.9. The number of benzene rings is 10.